The molecule has 7 nitrogen and oxygen atoms in total. The Morgan fingerprint density at radius 3 is 2.57 bits per heavy atom. The fourth-order valence-electron chi connectivity index (χ4n) is 2.69. The lowest BCUT2D eigenvalue weighted by Crippen LogP contribution is -2.25. The molecule has 0 aliphatic carbocycles. The minimum Gasteiger partial charge on any atom is -0.462 e. The first-order chi connectivity index (χ1) is 14.3. The van der Waals surface area contributed by atoms with Gasteiger partial charge in [0.15, 0.2) is 5.69 Å². The summed E-state index contributed by atoms with van der Waals surface area (Å²) >= 11 is 1.48. The van der Waals surface area contributed by atoms with Crippen LogP contribution in [0.1, 0.15) is 38.3 Å². The smallest absolute Gasteiger partial charge is 0.434 e. The molecule has 30 heavy (non-hydrogen) atoms. The average molecular weight is 438 g/mol. The van der Waals surface area contributed by atoms with Crippen molar-refractivity contribution in [3.8, 4) is 5.69 Å². The summed E-state index contributed by atoms with van der Waals surface area (Å²) in [5.41, 5.74) is -1.57. The number of benzene rings is 1. The highest BCUT2D eigenvalue weighted by molar-refractivity contribution is 7.09. The summed E-state index contributed by atoms with van der Waals surface area (Å²) in [7, 11) is 0. The van der Waals surface area contributed by atoms with Crippen molar-refractivity contribution in [2.24, 2.45) is 0 Å². The van der Waals surface area contributed by atoms with E-state index >= 15 is 0 Å². The number of rotatable bonds is 7. The van der Waals surface area contributed by atoms with Crippen LogP contribution < -0.4 is 5.32 Å². The first-order valence-corrected chi connectivity index (χ1v) is 9.78. The van der Waals surface area contributed by atoms with Crippen LogP contribution in [0, 0.1) is 0 Å². The molecule has 0 saturated carbocycles. The van der Waals surface area contributed by atoms with Crippen molar-refractivity contribution in [1.29, 1.82) is 0 Å². The van der Waals surface area contributed by atoms with Gasteiger partial charge in [-0.3, -0.25) is 4.79 Å². The Morgan fingerprint density at radius 2 is 1.97 bits per heavy atom. The summed E-state index contributed by atoms with van der Waals surface area (Å²) in [6, 6.07) is 5.43. The summed E-state index contributed by atoms with van der Waals surface area (Å²) in [5, 5.41) is 9.16. The van der Waals surface area contributed by atoms with Crippen LogP contribution >= 0.6 is 11.3 Å². The number of hydrogen-bond donors (Lipinski definition) is 1. The minimum absolute atomic E-state index is 0.0530. The normalized spacial score (nSPS) is 11.3. The highest BCUT2D eigenvalue weighted by Crippen LogP contribution is 2.34. The molecule has 2 heterocycles. The van der Waals surface area contributed by atoms with E-state index in [2.05, 4.69) is 20.1 Å². The molecular formula is C19H17F3N4O3S. The van der Waals surface area contributed by atoms with Gasteiger partial charge in [0.2, 0.25) is 0 Å². The average Bonchev–Trinajstić information content (AvgIpc) is 3.38. The van der Waals surface area contributed by atoms with E-state index in [4.69, 9.17) is 0 Å². The number of carbonyl (C=O) groups is 2. The lowest BCUT2D eigenvalue weighted by atomic mass is 10.2. The molecule has 2 aromatic heterocycles. The summed E-state index contributed by atoms with van der Waals surface area (Å²) in [5.74, 6) is -1.46. The standard InChI is InChI=1S/C19H17F3N4O3S/c1-2-29-18(28)14-11-25-26(16(14)19(20,21)22)13-5-3-12(4-6-13)17(27)24-8-7-15-23-9-10-30-15/h3-6,9-11H,2,7-8H2,1H3,(H,24,27). The first kappa shape index (κ1) is 21.5. The van der Waals surface area contributed by atoms with Gasteiger partial charge in [-0.2, -0.15) is 18.3 Å². The molecule has 3 aromatic rings. The molecule has 1 N–H and O–H groups in total. The predicted molar refractivity (Wildman–Crippen MR) is 103 cm³/mol. The fourth-order valence-corrected chi connectivity index (χ4v) is 3.31. The molecule has 0 unspecified atom stereocenters. The Morgan fingerprint density at radius 1 is 1.23 bits per heavy atom. The van der Waals surface area contributed by atoms with Crippen LogP contribution in [0.25, 0.3) is 5.69 Å². The largest absolute Gasteiger partial charge is 0.462 e. The molecule has 0 fully saturated rings. The van der Waals surface area contributed by atoms with E-state index in [9.17, 15) is 22.8 Å². The van der Waals surface area contributed by atoms with Crippen molar-refractivity contribution in [2.45, 2.75) is 19.5 Å². The van der Waals surface area contributed by atoms with E-state index in [1.54, 1.807) is 6.20 Å². The van der Waals surface area contributed by atoms with E-state index in [-0.39, 0.29) is 23.8 Å². The third-order valence-corrected chi connectivity index (χ3v) is 4.85. The van der Waals surface area contributed by atoms with Gasteiger partial charge in [-0.05, 0) is 31.2 Å². The van der Waals surface area contributed by atoms with Gasteiger partial charge in [0.05, 0.1) is 23.5 Å². The van der Waals surface area contributed by atoms with Gasteiger partial charge in [-0.25, -0.2) is 14.5 Å². The molecule has 0 aliphatic heterocycles. The van der Waals surface area contributed by atoms with Gasteiger partial charge in [0.1, 0.15) is 5.56 Å². The number of nitrogens with one attached hydrogen (secondary N) is 1. The van der Waals surface area contributed by atoms with Crippen molar-refractivity contribution in [1.82, 2.24) is 20.1 Å². The molecule has 11 heteroatoms. The molecule has 1 amide bonds. The van der Waals surface area contributed by atoms with E-state index in [0.717, 1.165) is 11.2 Å². The van der Waals surface area contributed by atoms with Crippen molar-refractivity contribution in [2.75, 3.05) is 13.2 Å². The van der Waals surface area contributed by atoms with Crippen LogP contribution in [-0.2, 0) is 17.3 Å². The van der Waals surface area contributed by atoms with E-state index < -0.39 is 23.4 Å². The number of halogens is 3. The van der Waals surface area contributed by atoms with Crippen molar-refractivity contribution < 1.29 is 27.5 Å². The quantitative estimate of drug-likeness (QED) is 0.571. The van der Waals surface area contributed by atoms with Crippen LogP contribution in [0.2, 0.25) is 0 Å². The van der Waals surface area contributed by atoms with Gasteiger partial charge >= 0.3 is 12.1 Å². The zero-order valence-corrected chi connectivity index (χ0v) is 16.6. The lowest BCUT2D eigenvalue weighted by Gasteiger charge is -2.13. The van der Waals surface area contributed by atoms with Crippen LogP contribution in [0.15, 0.2) is 42.0 Å². The van der Waals surface area contributed by atoms with Crippen LogP contribution in [0.3, 0.4) is 0 Å². The Balaban J connectivity index is 1.77. The summed E-state index contributed by atoms with van der Waals surface area (Å²) in [4.78, 5) is 28.2. The number of alkyl halides is 3. The second-order valence-electron chi connectivity index (χ2n) is 6.02. The maximum atomic E-state index is 13.6. The van der Waals surface area contributed by atoms with Crippen LogP contribution in [-0.4, -0.2) is 39.8 Å². The van der Waals surface area contributed by atoms with E-state index in [0.29, 0.717) is 17.6 Å². The van der Waals surface area contributed by atoms with E-state index in [1.807, 2.05) is 5.38 Å². The molecule has 0 atom stereocenters. The Bertz CT molecular complexity index is 1010. The van der Waals surface area contributed by atoms with Gasteiger partial charge in [-0.15, -0.1) is 11.3 Å². The highest BCUT2D eigenvalue weighted by atomic mass is 32.1. The molecular weight excluding hydrogens is 421 g/mol. The molecule has 0 spiro atoms. The van der Waals surface area contributed by atoms with Gasteiger partial charge < -0.3 is 10.1 Å². The Hall–Kier alpha value is -3.21. The number of aromatic nitrogens is 3. The second kappa shape index (κ2) is 9.08. The number of esters is 1. The molecule has 1 aromatic carbocycles. The first-order valence-electron chi connectivity index (χ1n) is 8.90. The third-order valence-electron chi connectivity index (χ3n) is 4.02. The zero-order chi connectivity index (χ0) is 21.7. The van der Waals surface area contributed by atoms with E-state index in [1.165, 1.54) is 42.5 Å². The SMILES string of the molecule is CCOC(=O)c1cnn(-c2ccc(C(=O)NCCc3nccs3)cc2)c1C(F)(F)F. The summed E-state index contributed by atoms with van der Waals surface area (Å²) < 4.78 is 46.0. The number of thiazole rings is 1. The van der Waals surface area contributed by atoms with Crippen molar-refractivity contribution >= 4 is 23.2 Å². The molecule has 158 valence electrons. The van der Waals surface area contributed by atoms with Gasteiger partial charge in [0, 0.05) is 30.1 Å². The number of ether oxygens (including phenoxy) is 1. The summed E-state index contributed by atoms with van der Waals surface area (Å²) in [6.45, 7) is 1.82. The maximum Gasteiger partial charge on any atom is 0.434 e. The second-order valence-corrected chi connectivity index (χ2v) is 6.99. The fraction of sp³-hybridized carbons (Fsp3) is 0.263. The van der Waals surface area contributed by atoms with Gasteiger partial charge in [-0.1, -0.05) is 0 Å². The lowest BCUT2D eigenvalue weighted by molar-refractivity contribution is -0.143. The molecule has 0 bridgehead atoms. The van der Waals surface area contributed by atoms with Crippen molar-refractivity contribution in [3.63, 3.8) is 0 Å². The van der Waals surface area contributed by atoms with Crippen LogP contribution in [0.4, 0.5) is 13.2 Å². The molecule has 0 saturated heterocycles. The minimum atomic E-state index is -4.83. The Kier molecular flexibility index (Phi) is 6.50. The van der Waals surface area contributed by atoms with Gasteiger partial charge in [0.25, 0.3) is 5.91 Å². The number of carbonyl (C=O) groups excluding carboxylic acids is 2. The molecule has 0 radical (unpaired) electrons. The number of hydrogen-bond acceptors (Lipinski definition) is 6. The van der Waals surface area contributed by atoms with Crippen LogP contribution in [0.5, 0.6) is 0 Å². The van der Waals surface area contributed by atoms with Crippen molar-refractivity contribution in [3.05, 3.63) is 63.9 Å². The number of amides is 1. The molecule has 0 aliphatic rings. The predicted octanol–water partition coefficient (Wildman–Crippen LogP) is 3.50. The third kappa shape index (κ3) is 4.85. The monoisotopic (exact) mass is 438 g/mol. The number of nitrogens with zero attached hydrogens (tertiary/aromatic N) is 3. The highest BCUT2D eigenvalue weighted by Gasteiger charge is 2.41. The molecule has 3 rings (SSSR count). The zero-order valence-electron chi connectivity index (χ0n) is 15.8. The maximum absolute atomic E-state index is 13.6. The summed E-state index contributed by atoms with van der Waals surface area (Å²) in [6.07, 6.45) is -1.75. The Labute approximate surface area is 173 Å². The topological polar surface area (TPSA) is 86.1 Å².